The molecule has 0 saturated heterocycles. The summed E-state index contributed by atoms with van der Waals surface area (Å²) < 4.78 is 32.7. The fraction of sp³-hybridized carbons (Fsp3) is 0.346. The number of nitriles is 1. The summed E-state index contributed by atoms with van der Waals surface area (Å²) in [4.78, 5) is 26.8. The van der Waals surface area contributed by atoms with Gasteiger partial charge in [0.15, 0.2) is 23.0 Å². The zero-order chi connectivity index (χ0) is 25.4. The number of benzene rings is 2. The standard InChI is InChI=1S/C26H24N2O8/c1-3-31-24(29)21-20(14-5-7-16-18(9-14)35-12-33-16)22(15-6-8-17-19(10-15)36-13-34-17)26(11-27,23(21)28)25(30)32-4-2/h5-10,20,22H,3-4,12-13,28H2,1-2H3/t20-,22+,26-/m1/s1. The largest absolute Gasteiger partial charge is 0.464 e. The quantitative estimate of drug-likeness (QED) is 0.599. The summed E-state index contributed by atoms with van der Waals surface area (Å²) in [5.41, 5.74) is 5.50. The van der Waals surface area contributed by atoms with E-state index in [1.165, 1.54) is 0 Å². The molecule has 0 fully saturated rings. The lowest BCUT2D eigenvalue weighted by molar-refractivity contribution is -0.151. The maximum absolute atomic E-state index is 13.5. The van der Waals surface area contributed by atoms with Crippen LogP contribution in [0, 0.1) is 16.7 Å². The van der Waals surface area contributed by atoms with Crippen LogP contribution in [0.25, 0.3) is 0 Å². The number of hydrogen-bond donors (Lipinski definition) is 1. The summed E-state index contributed by atoms with van der Waals surface area (Å²) in [5, 5.41) is 10.5. The van der Waals surface area contributed by atoms with E-state index in [4.69, 9.17) is 34.2 Å². The zero-order valence-electron chi connectivity index (χ0n) is 19.7. The molecule has 3 atom stereocenters. The van der Waals surface area contributed by atoms with Crippen molar-refractivity contribution in [1.82, 2.24) is 0 Å². The molecule has 0 bridgehead atoms. The third kappa shape index (κ3) is 3.39. The number of rotatable bonds is 6. The van der Waals surface area contributed by atoms with Gasteiger partial charge in [0, 0.05) is 11.8 Å². The van der Waals surface area contributed by atoms with E-state index in [1.54, 1.807) is 50.2 Å². The van der Waals surface area contributed by atoms with Crippen LogP contribution in [0.4, 0.5) is 0 Å². The van der Waals surface area contributed by atoms with Crippen LogP contribution >= 0.6 is 0 Å². The molecule has 10 nitrogen and oxygen atoms in total. The van der Waals surface area contributed by atoms with Crippen LogP contribution in [0.2, 0.25) is 0 Å². The van der Waals surface area contributed by atoms with Gasteiger partial charge in [0.2, 0.25) is 19.0 Å². The van der Waals surface area contributed by atoms with Crippen molar-refractivity contribution in [3.63, 3.8) is 0 Å². The van der Waals surface area contributed by atoms with Crippen molar-refractivity contribution in [3.05, 3.63) is 58.8 Å². The van der Waals surface area contributed by atoms with Crippen LogP contribution in [0.15, 0.2) is 47.7 Å². The Kier molecular flexibility index (Phi) is 5.84. The lowest BCUT2D eigenvalue weighted by Gasteiger charge is -2.32. The van der Waals surface area contributed by atoms with Crippen LogP contribution in [0.1, 0.15) is 36.8 Å². The second-order valence-electron chi connectivity index (χ2n) is 8.37. The average molecular weight is 492 g/mol. The first-order valence-electron chi connectivity index (χ1n) is 11.5. The monoisotopic (exact) mass is 492 g/mol. The molecule has 0 radical (unpaired) electrons. The fourth-order valence-electron chi connectivity index (χ4n) is 5.08. The summed E-state index contributed by atoms with van der Waals surface area (Å²) in [6, 6.07) is 12.4. The molecule has 3 aliphatic rings. The number of hydrogen-bond acceptors (Lipinski definition) is 10. The molecule has 10 heteroatoms. The molecule has 0 spiro atoms. The Labute approximate surface area is 207 Å². The van der Waals surface area contributed by atoms with Gasteiger partial charge < -0.3 is 34.2 Å². The molecule has 0 aromatic heterocycles. The van der Waals surface area contributed by atoms with Gasteiger partial charge in [-0.2, -0.15) is 5.26 Å². The van der Waals surface area contributed by atoms with E-state index in [1.807, 2.05) is 0 Å². The van der Waals surface area contributed by atoms with Crippen molar-refractivity contribution in [2.75, 3.05) is 26.8 Å². The molecule has 2 N–H and O–H groups in total. The van der Waals surface area contributed by atoms with Crippen LogP contribution in [0.3, 0.4) is 0 Å². The molecule has 0 amide bonds. The summed E-state index contributed by atoms with van der Waals surface area (Å²) in [6.45, 7) is 3.50. The van der Waals surface area contributed by atoms with Gasteiger partial charge in [0.1, 0.15) is 0 Å². The molecular formula is C26H24N2O8. The Morgan fingerprint density at radius 3 is 2.08 bits per heavy atom. The molecule has 5 rings (SSSR count). The zero-order valence-corrected chi connectivity index (χ0v) is 19.7. The van der Waals surface area contributed by atoms with E-state index in [2.05, 4.69) is 6.07 Å². The van der Waals surface area contributed by atoms with Gasteiger partial charge in [-0.3, -0.25) is 0 Å². The van der Waals surface area contributed by atoms with Crippen molar-refractivity contribution in [2.24, 2.45) is 11.1 Å². The fourth-order valence-corrected chi connectivity index (χ4v) is 5.08. The predicted octanol–water partition coefficient (Wildman–Crippen LogP) is 2.87. The first-order chi connectivity index (χ1) is 17.5. The molecular weight excluding hydrogens is 468 g/mol. The van der Waals surface area contributed by atoms with E-state index < -0.39 is 29.2 Å². The normalized spacial score (nSPS) is 23.4. The minimum atomic E-state index is -2.01. The molecule has 2 heterocycles. The van der Waals surface area contributed by atoms with Crippen LogP contribution in [0.5, 0.6) is 23.0 Å². The maximum atomic E-state index is 13.5. The molecule has 1 aliphatic carbocycles. The topological polar surface area (TPSA) is 139 Å². The number of nitrogens with zero attached hydrogens (tertiary/aromatic N) is 1. The number of carbonyl (C=O) groups excluding carboxylic acids is 2. The van der Waals surface area contributed by atoms with Gasteiger partial charge in [0.05, 0.1) is 30.6 Å². The molecule has 36 heavy (non-hydrogen) atoms. The van der Waals surface area contributed by atoms with E-state index in [9.17, 15) is 14.9 Å². The van der Waals surface area contributed by atoms with E-state index >= 15 is 0 Å². The second kappa shape index (κ2) is 9.00. The number of nitrogens with two attached hydrogens (primary N) is 1. The summed E-state index contributed by atoms with van der Waals surface area (Å²) in [6.07, 6.45) is 0. The number of ether oxygens (including phenoxy) is 6. The molecule has 2 aliphatic heterocycles. The Bertz CT molecular complexity index is 1310. The van der Waals surface area contributed by atoms with Crippen molar-refractivity contribution in [1.29, 1.82) is 5.26 Å². The highest BCUT2D eigenvalue weighted by Crippen LogP contribution is 2.60. The Hall–Kier alpha value is -4.39. The van der Waals surface area contributed by atoms with Crippen LogP contribution in [-0.4, -0.2) is 38.7 Å². The van der Waals surface area contributed by atoms with Crippen LogP contribution in [-0.2, 0) is 19.1 Å². The predicted molar refractivity (Wildman–Crippen MR) is 123 cm³/mol. The molecule has 2 aromatic carbocycles. The van der Waals surface area contributed by atoms with Gasteiger partial charge in [-0.1, -0.05) is 12.1 Å². The summed E-state index contributed by atoms with van der Waals surface area (Å²) in [7, 11) is 0. The lowest BCUT2D eigenvalue weighted by atomic mass is 9.68. The van der Waals surface area contributed by atoms with Crippen LogP contribution < -0.4 is 24.7 Å². The summed E-state index contributed by atoms with van der Waals surface area (Å²) in [5.74, 6) is -1.36. The van der Waals surface area contributed by atoms with Gasteiger partial charge in [-0.15, -0.1) is 0 Å². The lowest BCUT2D eigenvalue weighted by Crippen LogP contribution is -2.40. The number of esters is 2. The second-order valence-corrected chi connectivity index (χ2v) is 8.37. The first kappa shape index (κ1) is 23.4. The molecule has 2 aromatic rings. The van der Waals surface area contributed by atoms with Gasteiger partial charge >= 0.3 is 11.9 Å². The van der Waals surface area contributed by atoms with Crippen molar-refractivity contribution < 1.29 is 38.0 Å². The van der Waals surface area contributed by atoms with Gasteiger partial charge in [-0.25, -0.2) is 9.59 Å². The number of carbonyl (C=O) groups is 2. The number of fused-ring (bicyclic) bond motifs is 2. The Morgan fingerprint density at radius 2 is 1.50 bits per heavy atom. The van der Waals surface area contributed by atoms with Gasteiger partial charge in [-0.05, 0) is 49.2 Å². The van der Waals surface area contributed by atoms with E-state index in [-0.39, 0.29) is 38.1 Å². The van der Waals surface area contributed by atoms with Gasteiger partial charge in [0.25, 0.3) is 0 Å². The Balaban J connectivity index is 1.77. The molecule has 0 unspecified atom stereocenters. The van der Waals surface area contributed by atoms with E-state index in [0.717, 1.165) is 0 Å². The minimum Gasteiger partial charge on any atom is -0.464 e. The third-order valence-corrected chi connectivity index (χ3v) is 6.61. The summed E-state index contributed by atoms with van der Waals surface area (Å²) >= 11 is 0. The minimum absolute atomic E-state index is 0.0207. The highest BCUT2D eigenvalue weighted by Gasteiger charge is 2.62. The smallest absolute Gasteiger partial charge is 0.336 e. The van der Waals surface area contributed by atoms with Crippen molar-refractivity contribution >= 4 is 11.9 Å². The van der Waals surface area contributed by atoms with E-state index in [0.29, 0.717) is 34.1 Å². The maximum Gasteiger partial charge on any atom is 0.336 e. The van der Waals surface area contributed by atoms with Crippen molar-refractivity contribution in [2.45, 2.75) is 25.7 Å². The molecule has 186 valence electrons. The SMILES string of the molecule is CCOC(=O)C1=C(N)[C@](C#N)(C(=O)OCC)[C@@H](c2ccc3c(c2)OCO3)[C@@H]1c1ccc2c(c1)OCO2. The third-order valence-electron chi connectivity index (χ3n) is 6.61. The van der Waals surface area contributed by atoms with Crippen molar-refractivity contribution in [3.8, 4) is 29.1 Å². The average Bonchev–Trinajstić information content (AvgIpc) is 3.59. The Morgan fingerprint density at radius 1 is 0.944 bits per heavy atom. The highest BCUT2D eigenvalue weighted by atomic mass is 16.7. The first-order valence-corrected chi connectivity index (χ1v) is 11.5. The highest BCUT2D eigenvalue weighted by molar-refractivity contribution is 5.98. The molecule has 0 saturated carbocycles.